The summed E-state index contributed by atoms with van der Waals surface area (Å²) < 4.78 is 4.82. The van der Waals surface area contributed by atoms with Gasteiger partial charge in [-0.05, 0) is 29.9 Å². The smallest absolute Gasteiger partial charge is 0.266 e. The number of carbonyl (C=O) groups is 2. The van der Waals surface area contributed by atoms with E-state index in [1.165, 1.54) is 27.3 Å². The van der Waals surface area contributed by atoms with Gasteiger partial charge in [-0.2, -0.15) is 0 Å². The number of nitro groups is 1. The Hall–Kier alpha value is -3.01. The van der Waals surface area contributed by atoms with Crippen molar-refractivity contribution in [1.82, 2.24) is 9.80 Å². The first kappa shape index (κ1) is 17.3. The number of ether oxygens (including phenoxy) is 1. The average Bonchev–Trinajstić information content (AvgIpc) is 2.56. The number of hydrogen-bond acceptors (Lipinski definition) is 7. The van der Waals surface area contributed by atoms with Gasteiger partial charge in [0.1, 0.15) is 11.3 Å². The van der Waals surface area contributed by atoms with Crippen LogP contribution in [0.3, 0.4) is 0 Å². The Bertz CT molecular complexity index is 778. The summed E-state index contributed by atoms with van der Waals surface area (Å²) in [7, 11) is 4.00. The van der Waals surface area contributed by atoms with E-state index < -0.39 is 28.2 Å². The molecule has 9 nitrogen and oxygen atoms in total. The molecule has 1 saturated heterocycles. The molecule has 0 spiro atoms. The third-order valence-corrected chi connectivity index (χ3v) is 3.98. The third kappa shape index (κ3) is 2.78. The number of benzene rings is 1. The predicted molar refractivity (Wildman–Crippen MR) is 85.2 cm³/mol. The Morgan fingerprint density at radius 1 is 1.21 bits per heavy atom. The van der Waals surface area contributed by atoms with E-state index in [4.69, 9.17) is 17.0 Å². The highest BCUT2D eigenvalue weighted by Crippen LogP contribution is 2.35. The van der Waals surface area contributed by atoms with Crippen LogP contribution in [0.2, 0.25) is 0 Å². The van der Waals surface area contributed by atoms with Crippen LogP contribution in [-0.4, -0.2) is 52.9 Å². The van der Waals surface area contributed by atoms with Crippen LogP contribution in [0.4, 0.5) is 5.69 Å². The lowest BCUT2D eigenvalue weighted by Crippen LogP contribution is -2.52. The van der Waals surface area contributed by atoms with Crippen molar-refractivity contribution in [3.05, 3.63) is 33.4 Å². The van der Waals surface area contributed by atoms with Gasteiger partial charge in [0.15, 0.2) is 5.11 Å². The molecule has 0 atom stereocenters. The Labute approximate surface area is 141 Å². The maximum atomic E-state index is 12.2. The second kappa shape index (κ2) is 6.24. The number of hydrogen-bond donors (Lipinski definition) is 0. The lowest BCUT2D eigenvalue weighted by molar-refractivity contribution is -0.398. The van der Waals surface area contributed by atoms with Crippen molar-refractivity contribution in [3.63, 3.8) is 0 Å². The number of nitro benzene ring substituents is 1. The lowest BCUT2D eigenvalue weighted by Gasteiger charge is -2.31. The van der Waals surface area contributed by atoms with Gasteiger partial charge in [-0.25, -0.2) is 0 Å². The highest BCUT2D eigenvalue weighted by Gasteiger charge is 2.35. The summed E-state index contributed by atoms with van der Waals surface area (Å²) in [5.74, 6) is -2.43. The van der Waals surface area contributed by atoms with E-state index in [9.17, 15) is 24.8 Å². The fourth-order valence-corrected chi connectivity index (χ4v) is 2.29. The highest BCUT2D eigenvalue weighted by molar-refractivity contribution is 7.80. The van der Waals surface area contributed by atoms with Gasteiger partial charge < -0.3 is 9.84 Å². The highest BCUT2D eigenvalue weighted by atomic mass is 32.1. The monoisotopic (exact) mass is 350 g/mol. The van der Waals surface area contributed by atoms with Crippen molar-refractivity contribution in [2.24, 2.45) is 0 Å². The van der Waals surface area contributed by atoms with Gasteiger partial charge in [0.05, 0.1) is 12.0 Å². The fourth-order valence-electron chi connectivity index (χ4n) is 2.12. The number of amides is 2. The van der Waals surface area contributed by atoms with Crippen molar-refractivity contribution in [2.75, 3.05) is 21.2 Å². The third-order valence-electron chi connectivity index (χ3n) is 3.43. The first-order valence-corrected chi connectivity index (χ1v) is 6.95. The molecular weight excluding hydrogens is 338 g/mol. The maximum absolute atomic E-state index is 12.2. The predicted octanol–water partition coefficient (Wildman–Crippen LogP) is 0.276. The van der Waals surface area contributed by atoms with E-state index in [-0.39, 0.29) is 22.0 Å². The van der Waals surface area contributed by atoms with E-state index in [0.717, 1.165) is 21.9 Å². The summed E-state index contributed by atoms with van der Waals surface area (Å²) in [6.45, 7) is 0. The molecule has 0 aromatic heterocycles. The molecular formula is C14H12N3O6S-. The minimum Gasteiger partial charge on any atom is -0.865 e. The number of rotatable bonds is 3. The number of thiocarbonyl (C=S) groups is 1. The van der Waals surface area contributed by atoms with Gasteiger partial charge in [-0.3, -0.25) is 29.5 Å². The molecule has 0 N–H and O–H groups in total. The van der Waals surface area contributed by atoms with Crippen molar-refractivity contribution in [3.8, 4) is 11.5 Å². The fraction of sp³-hybridized carbons (Fsp3) is 0.214. The van der Waals surface area contributed by atoms with Gasteiger partial charge in [0, 0.05) is 25.9 Å². The molecule has 1 aromatic rings. The molecule has 0 aliphatic carbocycles. The molecule has 1 fully saturated rings. The minimum absolute atomic E-state index is 0.0422. The second-order valence-electron chi connectivity index (χ2n) is 4.90. The van der Waals surface area contributed by atoms with E-state index in [1.807, 2.05) is 0 Å². The van der Waals surface area contributed by atoms with Gasteiger partial charge in [-0.1, -0.05) is 0 Å². The van der Waals surface area contributed by atoms with Crippen molar-refractivity contribution in [2.45, 2.75) is 0 Å². The number of carbonyl (C=O) groups excluding carboxylic acids is 2. The van der Waals surface area contributed by atoms with Crippen LogP contribution in [0.15, 0.2) is 17.7 Å². The van der Waals surface area contributed by atoms with Crippen LogP contribution in [0, 0.1) is 10.1 Å². The lowest BCUT2D eigenvalue weighted by atomic mass is 10.1. The molecule has 24 heavy (non-hydrogen) atoms. The normalized spacial score (nSPS) is 15.0. The summed E-state index contributed by atoms with van der Waals surface area (Å²) in [6.07, 6.45) is 1.16. The van der Waals surface area contributed by atoms with Crippen molar-refractivity contribution < 1.29 is 24.4 Å². The van der Waals surface area contributed by atoms with E-state index in [1.54, 1.807) is 0 Å². The molecule has 126 valence electrons. The zero-order valence-corrected chi connectivity index (χ0v) is 13.7. The average molecular weight is 350 g/mol. The zero-order chi connectivity index (χ0) is 18.2. The standard InChI is InChI=1S/C14H13N3O6S/c1-15-12(19)8(13(20)16(2)14(15)24)4-7-5-9(17(21)22)11(18)10(6-7)23-3/h4-6,18H,1-3H3/p-1. The number of nitrogens with zero attached hydrogens (tertiary/aromatic N) is 3. The molecule has 1 aliphatic heterocycles. The van der Waals surface area contributed by atoms with Crippen LogP contribution in [0.5, 0.6) is 11.5 Å². The number of methoxy groups -OCH3 is 1. The van der Waals surface area contributed by atoms with E-state index in [0.29, 0.717) is 0 Å². The Morgan fingerprint density at radius 2 is 1.75 bits per heavy atom. The Kier molecular flexibility index (Phi) is 4.51. The molecule has 0 unspecified atom stereocenters. The maximum Gasteiger partial charge on any atom is 0.266 e. The van der Waals surface area contributed by atoms with Gasteiger partial charge in [-0.15, -0.1) is 0 Å². The van der Waals surface area contributed by atoms with Crippen LogP contribution in [0.1, 0.15) is 5.56 Å². The molecule has 10 heteroatoms. The summed E-state index contributed by atoms with van der Waals surface area (Å²) in [6, 6.07) is 2.20. The minimum atomic E-state index is -0.888. The van der Waals surface area contributed by atoms with Crippen LogP contribution < -0.4 is 9.84 Å². The molecule has 1 aromatic carbocycles. The summed E-state index contributed by atoms with van der Waals surface area (Å²) in [5.41, 5.74) is -0.831. The SMILES string of the molecule is COc1cc(C=C2C(=O)N(C)C(=S)N(C)C2=O)cc([N+](=O)[O-])c1[O-]. The topological polar surface area (TPSA) is 116 Å². The summed E-state index contributed by atoms with van der Waals surface area (Å²) >= 11 is 4.97. The van der Waals surface area contributed by atoms with Crippen LogP contribution >= 0.6 is 12.2 Å². The summed E-state index contributed by atoms with van der Waals surface area (Å²) in [4.78, 5) is 36.8. The van der Waals surface area contributed by atoms with Crippen LogP contribution in [0.25, 0.3) is 6.08 Å². The van der Waals surface area contributed by atoms with Crippen LogP contribution in [-0.2, 0) is 9.59 Å². The quantitative estimate of drug-likeness (QED) is 0.253. The molecule has 1 aliphatic rings. The van der Waals surface area contributed by atoms with Gasteiger partial charge in [0.2, 0.25) is 0 Å². The first-order valence-electron chi connectivity index (χ1n) is 6.54. The molecule has 2 amide bonds. The molecule has 0 saturated carbocycles. The number of likely N-dealkylation sites (N-methyl/N-ethyl adjacent to an activating group) is 2. The summed E-state index contributed by atoms with van der Waals surface area (Å²) in [5, 5.41) is 22.8. The molecule has 2 rings (SSSR count). The zero-order valence-electron chi connectivity index (χ0n) is 12.9. The second-order valence-corrected chi connectivity index (χ2v) is 5.26. The molecule has 1 heterocycles. The molecule has 0 bridgehead atoms. The van der Waals surface area contributed by atoms with Crippen molar-refractivity contribution in [1.29, 1.82) is 0 Å². The largest absolute Gasteiger partial charge is 0.865 e. The van der Waals surface area contributed by atoms with Gasteiger partial charge in [0.25, 0.3) is 17.5 Å². The van der Waals surface area contributed by atoms with E-state index >= 15 is 0 Å². The van der Waals surface area contributed by atoms with Gasteiger partial charge >= 0.3 is 0 Å². The Balaban J connectivity index is 2.60. The van der Waals surface area contributed by atoms with Crippen molar-refractivity contribution >= 4 is 40.9 Å². The first-order chi connectivity index (χ1) is 11.2. The van der Waals surface area contributed by atoms with E-state index in [2.05, 4.69) is 0 Å². The Morgan fingerprint density at radius 3 is 2.21 bits per heavy atom. The molecule has 0 radical (unpaired) electrons.